The monoisotopic (exact) mass is 860 g/mol. The number of carboxylic acids is 2. The average Bonchev–Trinajstić information content (AvgIpc) is 3.65. The van der Waals surface area contributed by atoms with Gasteiger partial charge in [0.2, 0.25) is 27.0 Å². The molecule has 0 radical (unpaired) electrons. The number of esters is 1. The molecule has 0 saturated heterocycles. The molecule has 0 aromatic carbocycles. The van der Waals surface area contributed by atoms with Crippen molar-refractivity contribution in [3.63, 3.8) is 0 Å². The molecule has 2 aliphatic heterocycles. The van der Waals surface area contributed by atoms with E-state index in [1.807, 2.05) is 0 Å². The summed E-state index contributed by atoms with van der Waals surface area (Å²) < 4.78 is 37.3. The first kappa shape index (κ1) is 44.9. The van der Waals surface area contributed by atoms with E-state index in [1.165, 1.54) is 31.2 Å². The van der Waals surface area contributed by atoms with Gasteiger partial charge in [0.05, 0.1) is 12.1 Å². The van der Waals surface area contributed by atoms with Crippen LogP contribution < -0.4 is 16.4 Å². The number of fused-ring (bicyclic) bond motifs is 2. The van der Waals surface area contributed by atoms with Crippen molar-refractivity contribution < 1.29 is 60.6 Å². The summed E-state index contributed by atoms with van der Waals surface area (Å²) in [6, 6.07) is 0.338. The van der Waals surface area contributed by atoms with Crippen LogP contribution in [0.1, 0.15) is 57.3 Å². The molecule has 1 aromatic heterocycles. The van der Waals surface area contributed by atoms with Crippen molar-refractivity contribution in [2.75, 3.05) is 18.9 Å². The largest absolute Gasteiger partial charge is 0.480 e. The van der Waals surface area contributed by atoms with Crippen LogP contribution in [0.2, 0.25) is 0 Å². The van der Waals surface area contributed by atoms with E-state index in [4.69, 9.17) is 55.5 Å². The lowest BCUT2D eigenvalue weighted by Gasteiger charge is -2.26. The van der Waals surface area contributed by atoms with Gasteiger partial charge in [-0.15, -0.1) is 11.8 Å². The fourth-order valence-corrected chi connectivity index (χ4v) is 7.95. The second-order valence-electron chi connectivity index (χ2n) is 12.3. The van der Waals surface area contributed by atoms with E-state index in [9.17, 15) is 33.9 Å². The summed E-state index contributed by atoms with van der Waals surface area (Å²) in [6.07, 6.45) is 4.09. The van der Waals surface area contributed by atoms with Gasteiger partial charge in [-0.25, -0.2) is 3.97 Å². The number of amides is 2. The van der Waals surface area contributed by atoms with Crippen molar-refractivity contribution in [1.82, 2.24) is 14.6 Å². The number of aryl methyl sites for hydroxylation is 1. The third-order valence-corrected chi connectivity index (χ3v) is 11.2. The predicted octanol–water partition coefficient (Wildman–Crippen LogP) is 3.58. The Morgan fingerprint density at radius 3 is 2.43 bits per heavy atom. The molecule has 1 aromatic rings. The van der Waals surface area contributed by atoms with Gasteiger partial charge in [-0.2, -0.15) is 0 Å². The molecule has 3 atom stereocenters. The zero-order valence-corrected chi connectivity index (χ0v) is 32.8. The molecule has 2 aliphatic rings. The first-order chi connectivity index (χ1) is 25.0. The number of ether oxygens (including phenoxy) is 1. The van der Waals surface area contributed by atoms with Gasteiger partial charge in [0.25, 0.3) is 0 Å². The minimum atomic E-state index is -4.76. The van der Waals surface area contributed by atoms with Crippen LogP contribution in [0.3, 0.4) is 0 Å². The molecular weight excluding hydrogens is 823 g/mol. The second kappa shape index (κ2) is 18.9. The Morgan fingerprint density at radius 2 is 1.80 bits per heavy atom. The van der Waals surface area contributed by atoms with Crippen LogP contribution in [0.15, 0.2) is 41.6 Å². The molecule has 3 unspecified atom stereocenters. The molecule has 0 saturated carbocycles. The standard InChI is InChI=1S/C32H38Cl3F2N5O10S2/c1-18-13-20(42-25(18)14-21-4-3-19(41(21)54(42,36)37)6-10-28(47)52-17-32(33,34)35)5-7-22(43)11-12-31(2,51)53-16-24(29(48)39-15-27(45)46)40-26(44)9-8-23(38)30(49)50/h3-5,7,13-14,23-24,51H,6,8-12,15-17,38H2,1-2H3,(H3-,39,40,44,45,46,48,49,50)/p+1. The summed E-state index contributed by atoms with van der Waals surface area (Å²) >= 11 is 12.8. The Balaban J connectivity index is 1.66. The summed E-state index contributed by atoms with van der Waals surface area (Å²) in [7, 11) is 0. The topological polar surface area (TPSA) is 230 Å². The summed E-state index contributed by atoms with van der Waals surface area (Å²) in [5.74, 6) is -5.81. The van der Waals surface area contributed by atoms with Gasteiger partial charge in [-0.3, -0.25) is 28.8 Å². The molecule has 15 nitrogen and oxygen atoms in total. The number of hydrogen-bond acceptors (Lipinski definition) is 10. The molecule has 2 amide bonds. The summed E-state index contributed by atoms with van der Waals surface area (Å²) in [4.78, 5) is 70.2. The minimum Gasteiger partial charge on any atom is -0.480 e. The number of aliphatic hydroxyl groups is 1. The number of aliphatic carboxylic acids is 2. The lowest BCUT2D eigenvalue weighted by Crippen LogP contribution is -2.50. The zero-order valence-electron chi connectivity index (χ0n) is 28.9. The Labute approximate surface area is 329 Å². The third-order valence-electron chi connectivity index (χ3n) is 7.77. The zero-order chi connectivity index (χ0) is 40.6. The highest BCUT2D eigenvalue weighted by Gasteiger charge is 2.51. The number of rotatable bonds is 20. The van der Waals surface area contributed by atoms with Crippen LogP contribution in [-0.4, -0.2) is 104 Å². The van der Waals surface area contributed by atoms with Crippen molar-refractivity contribution in [1.29, 1.82) is 0 Å². The van der Waals surface area contributed by atoms with Crippen LogP contribution in [0, 0.1) is 0 Å². The molecule has 0 bridgehead atoms. The first-order valence-corrected chi connectivity index (χ1v) is 19.6. The lowest BCUT2D eigenvalue weighted by atomic mass is 10.1. The highest BCUT2D eigenvalue weighted by atomic mass is 35.6. The molecular formula is C32H39Cl3F2N5O10S2+. The predicted molar refractivity (Wildman–Crippen MR) is 200 cm³/mol. The quantitative estimate of drug-likeness (QED) is 0.0364. The number of thioether (sulfide) groups is 1. The number of alkyl halides is 3. The van der Waals surface area contributed by atoms with Gasteiger partial charge in [-0.05, 0) is 51.3 Å². The maximum absolute atomic E-state index is 16.3. The highest BCUT2D eigenvalue weighted by Crippen LogP contribution is 2.61. The number of carbonyl (C=O) groups excluding carboxylic acids is 4. The average molecular weight is 862 g/mol. The van der Waals surface area contributed by atoms with Gasteiger partial charge >= 0.3 is 29.1 Å². The SMILES string of the molecule is CC1=CC(C=CC(=O)CCC(C)(O)SCC(NC(=O)CCC(N)C(=O)O)C(=O)NCC(=O)O)=[N+]2C1=Cc1ccc(CCC(=O)OCC(Cl)(Cl)Cl)n1S2(F)F. The lowest BCUT2D eigenvalue weighted by molar-refractivity contribution is -0.302. The van der Waals surface area contributed by atoms with Crippen LogP contribution in [-0.2, 0) is 39.9 Å². The number of allylic oxidation sites excluding steroid dienone is 4. The number of carboxylic acid groups (broad SMARTS) is 2. The molecule has 7 N–H and O–H groups in total. The minimum absolute atomic E-state index is 0.0379. The number of nitrogens with zero attached hydrogens (tertiary/aromatic N) is 2. The second-order valence-corrected chi connectivity index (χ2v) is 17.9. The van der Waals surface area contributed by atoms with E-state index >= 15 is 7.77 Å². The van der Waals surface area contributed by atoms with Crippen molar-refractivity contribution >= 4 is 105 Å². The number of nitrogens with one attached hydrogen (secondary N) is 2. The van der Waals surface area contributed by atoms with E-state index in [-0.39, 0.29) is 67.1 Å². The number of hydrogen-bond donors (Lipinski definition) is 6. The van der Waals surface area contributed by atoms with Gasteiger partial charge < -0.3 is 36.4 Å². The number of halogens is 5. The summed E-state index contributed by atoms with van der Waals surface area (Å²) in [5, 5.41) is 33.3. The molecule has 0 fully saturated rings. The maximum Gasteiger partial charge on any atom is 0.388 e. The molecule has 0 aliphatic carbocycles. The smallest absolute Gasteiger partial charge is 0.388 e. The van der Waals surface area contributed by atoms with Crippen LogP contribution >= 0.6 is 57.7 Å². The van der Waals surface area contributed by atoms with E-state index in [0.29, 0.717) is 5.57 Å². The summed E-state index contributed by atoms with van der Waals surface area (Å²) in [6.45, 7) is 1.75. The first-order valence-electron chi connectivity index (χ1n) is 16.1. The Kier molecular flexibility index (Phi) is 15.7. The maximum atomic E-state index is 16.3. The van der Waals surface area contributed by atoms with Gasteiger partial charge in [-0.1, -0.05) is 46.6 Å². The number of carbonyl (C=O) groups is 6. The molecule has 22 heteroatoms. The number of aromatic nitrogens is 1. The van der Waals surface area contributed by atoms with Crippen molar-refractivity contribution in [2.24, 2.45) is 5.73 Å². The Morgan fingerprint density at radius 1 is 1.11 bits per heavy atom. The molecule has 3 heterocycles. The van der Waals surface area contributed by atoms with Crippen LogP contribution in [0.4, 0.5) is 7.77 Å². The van der Waals surface area contributed by atoms with Crippen molar-refractivity contribution in [3.8, 4) is 0 Å². The molecule has 0 spiro atoms. The van der Waals surface area contributed by atoms with Crippen LogP contribution in [0.25, 0.3) is 6.08 Å². The van der Waals surface area contributed by atoms with Crippen molar-refractivity contribution in [2.45, 2.75) is 73.2 Å². The van der Waals surface area contributed by atoms with Crippen molar-refractivity contribution in [3.05, 3.63) is 53.0 Å². The number of ketones is 1. The van der Waals surface area contributed by atoms with E-state index in [0.717, 1.165) is 25.8 Å². The fraction of sp³-hybridized carbons (Fsp3) is 0.469. The molecule has 54 heavy (non-hydrogen) atoms. The molecule has 298 valence electrons. The Bertz CT molecular complexity index is 1790. The Hall–Kier alpha value is -3.46. The van der Waals surface area contributed by atoms with Gasteiger partial charge in [0, 0.05) is 48.1 Å². The fourth-order valence-electron chi connectivity index (χ4n) is 5.01. The third kappa shape index (κ3) is 13.1. The normalized spacial score (nSPS) is 17.6. The molecule has 3 rings (SSSR count). The van der Waals surface area contributed by atoms with Gasteiger partial charge in [0.1, 0.15) is 30.2 Å². The van der Waals surface area contributed by atoms with E-state index in [1.54, 1.807) is 13.0 Å². The van der Waals surface area contributed by atoms with Crippen LogP contribution in [0.5, 0.6) is 0 Å². The summed E-state index contributed by atoms with van der Waals surface area (Å²) in [5.41, 5.74) is 6.60. The van der Waals surface area contributed by atoms with E-state index < -0.39 is 80.6 Å². The van der Waals surface area contributed by atoms with Gasteiger partial charge in [0.15, 0.2) is 5.78 Å². The number of nitrogens with two attached hydrogens (primary N) is 1. The van der Waals surface area contributed by atoms with E-state index in [2.05, 4.69) is 10.6 Å². The highest BCUT2D eigenvalue weighted by molar-refractivity contribution is 8.18.